The number of halogens is 1. The third-order valence-corrected chi connectivity index (χ3v) is 7.67. The van der Waals surface area contributed by atoms with Crippen LogP contribution >= 0.6 is 15.9 Å². The van der Waals surface area contributed by atoms with E-state index in [0.29, 0.717) is 17.4 Å². The Bertz CT molecular complexity index is 644. The summed E-state index contributed by atoms with van der Waals surface area (Å²) in [7, 11) is -1.67. The molecule has 0 radical (unpaired) electrons. The van der Waals surface area contributed by atoms with Gasteiger partial charge in [-0.1, -0.05) is 28.4 Å². The fourth-order valence-electron chi connectivity index (χ4n) is 4.05. The molecular weight excluding hydrogens is 350 g/mol. The highest BCUT2D eigenvalue weighted by Crippen LogP contribution is 2.48. The van der Waals surface area contributed by atoms with E-state index in [1.807, 2.05) is 19.1 Å². The molecule has 3 unspecified atom stereocenters. The molecule has 0 spiro atoms. The summed E-state index contributed by atoms with van der Waals surface area (Å²) in [5.74, 6) is 2.15. The molecule has 2 fully saturated rings. The van der Waals surface area contributed by atoms with Crippen LogP contribution in [0.1, 0.15) is 31.2 Å². The Morgan fingerprint density at radius 3 is 2.67 bits per heavy atom. The maximum Gasteiger partial charge on any atom is 0.243 e. The van der Waals surface area contributed by atoms with Crippen molar-refractivity contribution in [1.29, 1.82) is 0 Å². The Morgan fingerprint density at radius 2 is 2.05 bits per heavy atom. The van der Waals surface area contributed by atoms with E-state index in [1.54, 1.807) is 17.4 Å². The number of sulfonamides is 1. The van der Waals surface area contributed by atoms with Crippen LogP contribution < -0.4 is 0 Å². The van der Waals surface area contributed by atoms with Gasteiger partial charge in [0.2, 0.25) is 10.0 Å². The van der Waals surface area contributed by atoms with E-state index in [2.05, 4.69) is 15.9 Å². The summed E-state index contributed by atoms with van der Waals surface area (Å²) >= 11 is 3.37. The summed E-state index contributed by atoms with van der Waals surface area (Å²) in [6, 6.07) is 5.44. The molecular formula is C16H22BrNO2S. The van der Waals surface area contributed by atoms with Gasteiger partial charge in [0.15, 0.2) is 0 Å². The van der Waals surface area contributed by atoms with Gasteiger partial charge in [0.25, 0.3) is 0 Å². The molecule has 1 aromatic rings. The van der Waals surface area contributed by atoms with Gasteiger partial charge in [-0.2, -0.15) is 0 Å². The number of aryl methyl sites for hydroxylation is 1. The van der Waals surface area contributed by atoms with E-state index in [1.165, 1.54) is 25.7 Å². The largest absolute Gasteiger partial charge is 0.243 e. The molecule has 2 aliphatic carbocycles. The predicted octanol–water partition coefficient (Wildman–Crippen LogP) is 3.81. The predicted molar refractivity (Wildman–Crippen MR) is 87.6 cm³/mol. The first-order valence-electron chi connectivity index (χ1n) is 7.60. The zero-order chi connectivity index (χ0) is 15.2. The van der Waals surface area contributed by atoms with Crippen molar-refractivity contribution in [3.8, 4) is 0 Å². The van der Waals surface area contributed by atoms with Crippen LogP contribution in [0.25, 0.3) is 0 Å². The van der Waals surface area contributed by atoms with Crippen LogP contribution in [0.15, 0.2) is 27.6 Å². The van der Waals surface area contributed by atoms with Crippen molar-refractivity contribution in [1.82, 2.24) is 4.31 Å². The minimum Gasteiger partial charge on any atom is -0.207 e. The summed E-state index contributed by atoms with van der Waals surface area (Å²) in [4.78, 5) is 0.419. The Labute approximate surface area is 135 Å². The van der Waals surface area contributed by atoms with Crippen molar-refractivity contribution in [2.45, 2.75) is 37.5 Å². The second kappa shape index (κ2) is 5.67. The topological polar surface area (TPSA) is 37.4 Å². The first-order valence-corrected chi connectivity index (χ1v) is 9.83. The van der Waals surface area contributed by atoms with Gasteiger partial charge in [0, 0.05) is 18.1 Å². The van der Waals surface area contributed by atoms with Crippen molar-refractivity contribution in [2.75, 3.05) is 13.6 Å². The molecule has 0 aromatic heterocycles. The minimum atomic E-state index is -3.39. The molecule has 3 rings (SSSR count). The normalized spacial score (nSPS) is 28.5. The maximum atomic E-state index is 12.8. The van der Waals surface area contributed by atoms with Crippen LogP contribution in [0.4, 0.5) is 0 Å². The molecule has 1 aromatic carbocycles. The monoisotopic (exact) mass is 371 g/mol. The number of fused-ring (bicyclic) bond motifs is 2. The van der Waals surface area contributed by atoms with Gasteiger partial charge in [-0.3, -0.25) is 0 Å². The Morgan fingerprint density at radius 1 is 1.29 bits per heavy atom. The van der Waals surface area contributed by atoms with Gasteiger partial charge in [-0.05, 0) is 61.6 Å². The molecule has 0 aliphatic heterocycles. The van der Waals surface area contributed by atoms with Gasteiger partial charge in [-0.15, -0.1) is 0 Å². The molecule has 0 heterocycles. The first-order chi connectivity index (χ1) is 9.88. The number of rotatable bonds is 4. The third-order valence-electron chi connectivity index (χ3n) is 5.21. The van der Waals surface area contributed by atoms with Crippen LogP contribution in [0, 0.1) is 24.7 Å². The lowest BCUT2D eigenvalue weighted by Gasteiger charge is -2.27. The molecule has 2 aliphatic rings. The Balaban J connectivity index is 1.79. The number of benzene rings is 1. The van der Waals surface area contributed by atoms with Gasteiger partial charge < -0.3 is 0 Å². The standard InChI is InChI=1S/C16H22BrNO2S/c1-11-3-6-15(17)9-16(11)21(19,20)18(2)10-14-8-12-4-5-13(14)7-12/h3,6,9,12-14H,4-5,7-8,10H2,1-2H3. The second-order valence-corrected chi connectivity index (χ2v) is 9.56. The highest BCUT2D eigenvalue weighted by molar-refractivity contribution is 9.10. The number of hydrogen-bond donors (Lipinski definition) is 0. The molecule has 3 nitrogen and oxygen atoms in total. The molecule has 0 amide bonds. The molecule has 0 saturated heterocycles. The molecule has 116 valence electrons. The molecule has 0 N–H and O–H groups in total. The zero-order valence-corrected chi connectivity index (χ0v) is 15.0. The third kappa shape index (κ3) is 2.92. The number of hydrogen-bond acceptors (Lipinski definition) is 2. The minimum absolute atomic E-state index is 0.419. The van der Waals surface area contributed by atoms with Crippen molar-refractivity contribution in [2.24, 2.45) is 17.8 Å². The molecule has 5 heteroatoms. The average Bonchev–Trinajstić information content (AvgIpc) is 3.03. The van der Waals surface area contributed by atoms with E-state index >= 15 is 0 Å². The second-order valence-electron chi connectivity index (χ2n) is 6.63. The van der Waals surface area contributed by atoms with E-state index in [0.717, 1.165) is 21.9 Å². The molecule has 3 atom stereocenters. The SMILES string of the molecule is Cc1ccc(Br)cc1S(=O)(=O)N(C)CC1CC2CCC1C2. The summed E-state index contributed by atoms with van der Waals surface area (Å²) in [5.41, 5.74) is 0.804. The van der Waals surface area contributed by atoms with Gasteiger partial charge in [-0.25, -0.2) is 12.7 Å². The lowest BCUT2D eigenvalue weighted by Crippen LogP contribution is -2.34. The van der Waals surface area contributed by atoms with E-state index in [4.69, 9.17) is 0 Å². The molecule has 2 bridgehead atoms. The van der Waals surface area contributed by atoms with Crippen LogP contribution in [-0.2, 0) is 10.0 Å². The van der Waals surface area contributed by atoms with Crippen LogP contribution in [-0.4, -0.2) is 26.3 Å². The fourth-order valence-corrected chi connectivity index (χ4v) is 6.04. The van der Waals surface area contributed by atoms with Crippen LogP contribution in [0.5, 0.6) is 0 Å². The van der Waals surface area contributed by atoms with E-state index < -0.39 is 10.0 Å². The highest BCUT2D eigenvalue weighted by atomic mass is 79.9. The lowest BCUT2D eigenvalue weighted by atomic mass is 9.89. The maximum absolute atomic E-state index is 12.8. The van der Waals surface area contributed by atoms with E-state index in [9.17, 15) is 8.42 Å². The van der Waals surface area contributed by atoms with Crippen molar-refractivity contribution < 1.29 is 8.42 Å². The van der Waals surface area contributed by atoms with Gasteiger partial charge >= 0.3 is 0 Å². The van der Waals surface area contributed by atoms with Crippen molar-refractivity contribution in [3.05, 3.63) is 28.2 Å². The van der Waals surface area contributed by atoms with Crippen molar-refractivity contribution >= 4 is 26.0 Å². The first kappa shape index (κ1) is 15.5. The lowest BCUT2D eigenvalue weighted by molar-refractivity contribution is 0.280. The Kier molecular flexibility index (Phi) is 4.19. The highest BCUT2D eigenvalue weighted by Gasteiger charge is 2.41. The van der Waals surface area contributed by atoms with Gasteiger partial charge in [0.1, 0.15) is 0 Å². The zero-order valence-electron chi connectivity index (χ0n) is 12.5. The summed E-state index contributed by atoms with van der Waals surface area (Å²) < 4.78 is 28.0. The summed E-state index contributed by atoms with van der Waals surface area (Å²) in [6.45, 7) is 2.51. The molecule has 2 saturated carbocycles. The van der Waals surface area contributed by atoms with Crippen molar-refractivity contribution in [3.63, 3.8) is 0 Å². The molecule has 21 heavy (non-hydrogen) atoms. The average molecular weight is 372 g/mol. The smallest absolute Gasteiger partial charge is 0.207 e. The summed E-state index contributed by atoms with van der Waals surface area (Å²) in [6.07, 6.45) is 5.16. The summed E-state index contributed by atoms with van der Waals surface area (Å²) in [5, 5.41) is 0. The van der Waals surface area contributed by atoms with Gasteiger partial charge in [0.05, 0.1) is 4.90 Å². The fraction of sp³-hybridized carbons (Fsp3) is 0.625. The van der Waals surface area contributed by atoms with Crippen LogP contribution in [0.3, 0.4) is 0 Å². The van der Waals surface area contributed by atoms with Crippen LogP contribution in [0.2, 0.25) is 0 Å². The quantitative estimate of drug-likeness (QED) is 0.806. The van der Waals surface area contributed by atoms with E-state index in [-0.39, 0.29) is 0 Å². The number of nitrogens with zero attached hydrogens (tertiary/aromatic N) is 1. The Hall–Kier alpha value is -0.390.